The standard InChI is InChI=1S/C30H28N2O3/c1-35-27-17-15-25(16-18-27)22-28(32-20-9-8-14-29(32)33)30(34)31(23-26-12-6-3-7-13-26)21-19-24-10-4-2-5-11-24/h2-18,20,22H,19,21,23H2,1H3/b28-22+. The molecule has 3 aromatic carbocycles. The fraction of sp³-hybridized carbons (Fsp3) is 0.133. The second-order valence-corrected chi connectivity index (χ2v) is 8.16. The van der Waals surface area contributed by atoms with Crippen LogP contribution in [-0.4, -0.2) is 29.0 Å². The molecule has 176 valence electrons. The summed E-state index contributed by atoms with van der Waals surface area (Å²) in [7, 11) is 1.61. The van der Waals surface area contributed by atoms with E-state index in [1.807, 2.05) is 72.8 Å². The zero-order chi connectivity index (χ0) is 24.5. The molecule has 35 heavy (non-hydrogen) atoms. The first-order valence-electron chi connectivity index (χ1n) is 11.5. The second-order valence-electron chi connectivity index (χ2n) is 8.16. The maximum atomic E-state index is 14.0. The molecule has 0 bridgehead atoms. The number of ether oxygens (including phenoxy) is 1. The molecule has 0 saturated heterocycles. The smallest absolute Gasteiger partial charge is 0.271 e. The Kier molecular flexibility index (Phi) is 7.92. The van der Waals surface area contributed by atoms with Crippen LogP contribution in [0.2, 0.25) is 0 Å². The van der Waals surface area contributed by atoms with E-state index < -0.39 is 0 Å². The van der Waals surface area contributed by atoms with Crippen molar-refractivity contribution in [2.45, 2.75) is 13.0 Å². The van der Waals surface area contributed by atoms with Crippen LogP contribution in [0.5, 0.6) is 5.75 Å². The largest absolute Gasteiger partial charge is 0.497 e. The molecular weight excluding hydrogens is 436 g/mol. The summed E-state index contributed by atoms with van der Waals surface area (Å²) < 4.78 is 6.66. The Balaban J connectivity index is 1.72. The van der Waals surface area contributed by atoms with Gasteiger partial charge in [-0.25, -0.2) is 0 Å². The number of amides is 1. The number of pyridine rings is 1. The molecule has 0 fully saturated rings. The van der Waals surface area contributed by atoms with Crippen LogP contribution >= 0.6 is 0 Å². The lowest BCUT2D eigenvalue weighted by Crippen LogP contribution is -2.36. The van der Waals surface area contributed by atoms with Crippen LogP contribution in [0, 0.1) is 0 Å². The highest BCUT2D eigenvalue weighted by atomic mass is 16.5. The van der Waals surface area contributed by atoms with Gasteiger partial charge in [-0.2, -0.15) is 0 Å². The van der Waals surface area contributed by atoms with Crippen LogP contribution in [0.3, 0.4) is 0 Å². The molecule has 5 nitrogen and oxygen atoms in total. The highest BCUT2D eigenvalue weighted by molar-refractivity contribution is 6.18. The molecule has 1 amide bonds. The lowest BCUT2D eigenvalue weighted by molar-refractivity contribution is -0.126. The van der Waals surface area contributed by atoms with Crippen molar-refractivity contribution in [3.63, 3.8) is 0 Å². The summed E-state index contributed by atoms with van der Waals surface area (Å²) in [6, 6.07) is 32.3. The fourth-order valence-corrected chi connectivity index (χ4v) is 3.85. The maximum Gasteiger partial charge on any atom is 0.271 e. The fourth-order valence-electron chi connectivity index (χ4n) is 3.85. The molecule has 0 unspecified atom stereocenters. The van der Waals surface area contributed by atoms with Gasteiger partial charge in [-0.1, -0.05) is 78.9 Å². The molecule has 0 atom stereocenters. The van der Waals surface area contributed by atoms with Crippen molar-refractivity contribution in [2.75, 3.05) is 13.7 Å². The van der Waals surface area contributed by atoms with Crippen LogP contribution < -0.4 is 10.3 Å². The number of carbonyl (C=O) groups is 1. The topological polar surface area (TPSA) is 51.5 Å². The van der Waals surface area contributed by atoms with Crippen LogP contribution in [0.25, 0.3) is 11.8 Å². The van der Waals surface area contributed by atoms with Crippen molar-refractivity contribution in [1.29, 1.82) is 0 Å². The summed E-state index contributed by atoms with van der Waals surface area (Å²) in [5, 5.41) is 0. The Morgan fingerprint density at radius 2 is 1.46 bits per heavy atom. The average molecular weight is 465 g/mol. The molecule has 0 aliphatic carbocycles. The molecule has 4 rings (SSSR count). The lowest BCUT2D eigenvalue weighted by Gasteiger charge is -2.25. The molecule has 0 radical (unpaired) electrons. The van der Waals surface area contributed by atoms with E-state index in [2.05, 4.69) is 12.1 Å². The first kappa shape index (κ1) is 23.8. The van der Waals surface area contributed by atoms with Gasteiger partial charge in [-0.3, -0.25) is 14.2 Å². The Morgan fingerprint density at radius 1 is 0.829 bits per heavy atom. The van der Waals surface area contributed by atoms with Gasteiger partial charge in [-0.15, -0.1) is 0 Å². The van der Waals surface area contributed by atoms with Crippen LogP contribution in [0.15, 0.2) is 114 Å². The third-order valence-corrected chi connectivity index (χ3v) is 5.74. The lowest BCUT2D eigenvalue weighted by atomic mass is 10.1. The summed E-state index contributed by atoms with van der Waals surface area (Å²) in [6.45, 7) is 0.952. The Morgan fingerprint density at radius 3 is 2.09 bits per heavy atom. The van der Waals surface area contributed by atoms with Gasteiger partial charge in [0.2, 0.25) is 0 Å². The minimum atomic E-state index is -0.261. The highest BCUT2D eigenvalue weighted by Gasteiger charge is 2.21. The van der Waals surface area contributed by atoms with Crippen molar-refractivity contribution < 1.29 is 9.53 Å². The molecule has 1 aromatic heterocycles. The average Bonchev–Trinajstić information content (AvgIpc) is 2.91. The third-order valence-electron chi connectivity index (χ3n) is 5.74. The SMILES string of the molecule is COc1ccc(/C=C(\C(=O)N(CCc2ccccc2)Cc2ccccc2)n2ccccc2=O)cc1. The van der Waals surface area contributed by atoms with Gasteiger partial charge in [0.1, 0.15) is 11.4 Å². The Labute approximate surface area is 205 Å². The molecule has 0 spiro atoms. The van der Waals surface area contributed by atoms with Gasteiger partial charge in [0, 0.05) is 25.4 Å². The molecule has 0 saturated carbocycles. The van der Waals surface area contributed by atoms with Crippen molar-refractivity contribution in [3.05, 3.63) is 136 Å². The van der Waals surface area contributed by atoms with E-state index in [-0.39, 0.29) is 11.5 Å². The maximum absolute atomic E-state index is 14.0. The quantitative estimate of drug-likeness (QED) is 0.323. The number of nitrogens with zero attached hydrogens (tertiary/aromatic N) is 2. The van der Waals surface area contributed by atoms with E-state index in [0.717, 1.165) is 22.4 Å². The van der Waals surface area contributed by atoms with E-state index in [1.165, 1.54) is 10.6 Å². The van der Waals surface area contributed by atoms with E-state index in [1.54, 1.807) is 36.4 Å². The number of rotatable bonds is 9. The number of methoxy groups -OCH3 is 1. The Bertz CT molecular complexity index is 1330. The molecule has 5 heteroatoms. The minimum absolute atomic E-state index is 0.214. The van der Waals surface area contributed by atoms with Crippen molar-refractivity contribution in [1.82, 2.24) is 9.47 Å². The normalized spacial score (nSPS) is 11.2. The molecule has 0 aliphatic heterocycles. The van der Waals surface area contributed by atoms with Gasteiger partial charge in [-0.05, 0) is 47.4 Å². The summed E-state index contributed by atoms with van der Waals surface area (Å²) in [5.74, 6) is 0.509. The third kappa shape index (κ3) is 6.36. The predicted molar refractivity (Wildman–Crippen MR) is 140 cm³/mol. The van der Waals surface area contributed by atoms with Crippen LogP contribution in [0.4, 0.5) is 0 Å². The van der Waals surface area contributed by atoms with E-state index in [9.17, 15) is 9.59 Å². The molecule has 4 aromatic rings. The monoisotopic (exact) mass is 464 g/mol. The molecule has 0 N–H and O–H groups in total. The molecular formula is C30H28N2O3. The van der Waals surface area contributed by atoms with E-state index in [4.69, 9.17) is 4.74 Å². The molecule has 1 heterocycles. The Hall–Kier alpha value is -4.38. The van der Waals surface area contributed by atoms with Gasteiger partial charge in [0.15, 0.2) is 0 Å². The van der Waals surface area contributed by atoms with Gasteiger partial charge in [0.25, 0.3) is 11.5 Å². The van der Waals surface area contributed by atoms with Crippen molar-refractivity contribution in [3.8, 4) is 5.75 Å². The van der Waals surface area contributed by atoms with Crippen LogP contribution in [-0.2, 0) is 17.8 Å². The number of aromatic nitrogens is 1. The second kappa shape index (κ2) is 11.7. The highest BCUT2D eigenvalue weighted by Crippen LogP contribution is 2.19. The number of hydrogen-bond donors (Lipinski definition) is 0. The first-order chi connectivity index (χ1) is 17.1. The molecule has 0 aliphatic rings. The summed E-state index contributed by atoms with van der Waals surface area (Å²) in [5.41, 5.74) is 3.01. The predicted octanol–water partition coefficient (Wildman–Crippen LogP) is 5.13. The summed E-state index contributed by atoms with van der Waals surface area (Å²) in [6.07, 6.45) is 4.09. The zero-order valence-electron chi connectivity index (χ0n) is 19.7. The number of carbonyl (C=O) groups excluding carboxylic acids is 1. The van der Waals surface area contributed by atoms with E-state index in [0.29, 0.717) is 25.2 Å². The van der Waals surface area contributed by atoms with E-state index >= 15 is 0 Å². The van der Waals surface area contributed by atoms with Crippen molar-refractivity contribution in [2.24, 2.45) is 0 Å². The summed E-state index contributed by atoms with van der Waals surface area (Å²) >= 11 is 0. The summed E-state index contributed by atoms with van der Waals surface area (Å²) in [4.78, 5) is 28.6. The van der Waals surface area contributed by atoms with Gasteiger partial charge < -0.3 is 9.64 Å². The van der Waals surface area contributed by atoms with Gasteiger partial charge >= 0.3 is 0 Å². The van der Waals surface area contributed by atoms with Crippen LogP contribution in [0.1, 0.15) is 16.7 Å². The zero-order valence-corrected chi connectivity index (χ0v) is 19.7. The number of hydrogen-bond acceptors (Lipinski definition) is 3. The minimum Gasteiger partial charge on any atom is -0.497 e. The number of benzene rings is 3. The first-order valence-corrected chi connectivity index (χ1v) is 11.5. The van der Waals surface area contributed by atoms with Gasteiger partial charge in [0.05, 0.1) is 7.11 Å². The van der Waals surface area contributed by atoms with Crippen molar-refractivity contribution >= 4 is 17.7 Å².